The molecule has 1 aromatic heterocycles. The summed E-state index contributed by atoms with van der Waals surface area (Å²) in [6, 6.07) is 16.0. The highest BCUT2D eigenvalue weighted by molar-refractivity contribution is 5.97. The number of aromatic nitrogens is 1. The topological polar surface area (TPSA) is 71.5 Å². The smallest absolute Gasteiger partial charge is 0.262 e. The molecule has 1 N–H and O–H groups in total. The molecule has 0 aliphatic carbocycles. The number of hydrogen-bond donors (Lipinski definition) is 1. The summed E-state index contributed by atoms with van der Waals surface area (Å²) >= 11 is 0. The van der Waals surface area contributed by atoms with Crippen LogP contribution in [0.4, 0.5) is 5.69 Å². The van der Waals surface area contributed by atoms with Crippen molar-refractivity contribution in [3.05, 3.63) is 66.4 Å². The number of nitrogens with zero attached hydrogens (tertiary/aromatic N) is 2. The SMILES string of the molecule is CN(C)C(=O)c1cccc(NC(=O)COc2ccc3ncccc3c2)c1. The molecular formula is C20H19N3O3. The van der Waals surface area contributed by atoms with Gasteiger partial charge in [-0.1, -0.05) is 12.1 Å². The van der Waals surface area contributed by atoms with Crippen LogP contribution >= 0.6 is 0 Å². The zero-order valence-corrected chi connectivity index (χ0v) is 14.6. The summed E-state index contributed by atoms with van der Waals surface area (Å²) in [4.78, 5) is 29.8. The van der Waals surface area contributed by atoms with E-state index in [9.17, 15) is 9.59 Å². The lowest BCUT2D eigenvalue weighted by Gasteiger charge is -2.12. The van der Waals surface area contributed by atoms with Gasteiger partial charge in [0.25, 0.3) is 11.8 Å². The summed E-state index contributed by atoms with van der Waals surface area (Å²) in [5, 5.41) is 3.68. The molecule has 132 valence electrons. The number of benzene rings is 2. The Bertz CT molecular complexity index is 954. The second kappa shape index (κ2) is 7.65. The molecule has 3 aromatic rings. The zero-order valence-electron chi connectivity index (χ0n) is 14.6. The number of fused-ring (bicyclic) bond motifs is 1. The largest absolute Gasteiger partial charge is 0.484 e. The molecule has 0 radical (unpaired) electrons. The second-order valence-corrected chi connectivity index (χ2v) is 5.98. The summed E-state index contributed by atoms with van der Waals surface area (Å²) < 4.78 is 5.55. The third-order valence-corrected chi connectivity index (χ3v) is 3.74. The average Bonchev–Trinajstić information content (AvgIpc) is 2.65. The van der Waals surface area contributed by atoms with Crippen LogP contribution in [0.15, 0.2) is 60.8 Å². The lowest BCUT2D eigenvalue weighted by Crippen LogP contribution is -2.23. The van der Waals surface area contributed by atoms with Crippen LogP contribution in [0.5, 0.6) is 5.75 Å². The lowest BCUT2D eigenvalue weighted by molar-refractivity contribution is -0.118. The van der Waals surface area contributed by atoms with E-state index in [1.807, 2.05) is 24.3 Å². The molecule has 0 saturated carbocycles. The van der Waals surface area contributed by atoms with Crippen molar-refractivity contribution in [3.63, 3.8) is 0 Å². The zero-order chi connectivity index (χ0) is 18.5. The standard InChI is InChI=1S/C20H19N3O3/c1-23(2)20(25)15-5-3-7-16(11-15)22-19(24)13-26-17-8-9-18-14(12-17)6-4-10-21-18/h3-12H,13H2,1-2H3,(H,22,24). The third-order valence-electron chi connectivity index (χ3n) is 3.74. The molecule has 2 aromatic carbocycles. The number of anilines is 1. The van der Waals surface area contributed by atoms with Crippen molar-refractivity contribution >= 4 is 28.4 Å². The van der Waals surface area contributed by atoms with Gasteiger partial charge < -0.3 is 15.0 Å². The van der Waals surface area contributed by atoms with Gasteiger partial charge in [-0.3, -0.25) is 14.6 Å². The number of hydrogen-bond acceptors (Lipinski definition) is 4. The van der Waals surface area contributed by atoms with Gasteiger partial charge in [0.2, 0.25) is 0 Å². The highest BCUT2D eigenvalue weighted by Crippen LogP contribution is 2.19. The molecule has 0 atom stereocenters. The normalized spacial score (nSPS) is 10.4. The molecule has 0 aliphatic rings. The maximum Gasteiger partial charge on any atom is 0.262 e. The van der Waals surface area contributed by atoms with Crippen LogP contribution < -0.4 is 10.1 Å². The van der Waals surface area contributed by atoms with Crippen molar-refractivity contribution in [2.75, 3.05) is 26.0 Å². The van der Waals surface area contributed by atoms with Gasteiger partial charge >= 0.3 is 0 Å². The van der Waals surface area contributed by atoms with E-state index < -0.39 is 0 Å². The first kappa shape index (κ1) is 17.4. The first-order valence-corrected chi connectivity index (χ1v) is 8.12. The number of rotatable bonds is 5. The Hall–Kier alpha value is -3.41. The maximum absolute atomic E-state index is 12.1. The van der Waals surface area contributed by atoms with Gasteiger partial charge in [0.05, 0.1) is 5.52 Å². The van der Waals surface area contributed by atoms with Crippen molar-refractivity contribution in [2.45, 2.75) is 0 Å². The van der Waals surface area contributed by atoms with E-state index >= 15 is 0 Å². The van der Waals surface area contributed by atoms with E-state index in [1.165, 1.54) is 4.90 Å². The van der Waals surface area contributed by atoms with Gasteiger partial charge in [-0.2, -0.15) is 0 Å². The van der Waals surface area contributed by atoms with Crippen LogP contribution in [0.1, 0.15) is 10.4 Å². The fourth-order valence-electron chi connectivity index (χ4n) is 2.48. The summed E-state index contributed by atoms with van der Waals surface area (Å²) in [6.07, 6.45) is 1.73. The summed E-state index contributed by atoms with van der Waals surface area (Å²) in [5.74, 6) is 0.171. The summed E-state index contributed by atoms with van der Waals surface area (Å²) in [6.45, 7) is -0.127. The highest BCUT2D eigenvalue weighted by atomic mass is 16.5. The number of carbonyl (C=O) groups is 2. The minimum absolute atomic E-state index is 0.123. The monoisotopic (exact) mass is 349 g/mol. The molecule has 26 heavy (non-hydrogen) atoms. The molecule has 0 spiro atoms. The molecule has 6 heteroatoms. The molecule has 0 aliphatic heterocycles. The van der Waals surface area contributed by atoms with Gasteiger partial charge in [0.15, 0.2) is 6.61 Å². The number of ether oxygens (including phenoxy) is 1. The van der Waals surface area contributed by atoms with Gasteiger partial charge in [-0.15, -0.1) is 0 Å². The third kappa shape index (κ3) is 4.16. The number of pyridine rings is 1. The molecular weight excluding hydrogens is 330 g/mol. The van der Waals surface area contributed by atoms with Crippen LogP contribution in [-0.4, -0.2) is 42.4 Å². The lowest BCUT2D eigenvalue weighted by atomic mass is 10.2. The van der Waals surface area contributed by atoms with Crippen LogP contribution in [0.2, 0.25) is 0 Å². The van der Waals surface area contributed by atoms with Crippen molar-refractivity contribution in [2.24, 2.45) is 0 Å². The molecule has 2 amide bonds. The average molecular weight is 349 g/mol. The number of carbonyl (C=O) groups excluding carboxylic acids is 2. The summed E-state index contributed by atoms with van der Waals surface area (Å²) in [5.41, 5.74) is 1.93. The first-order chi connectivity index (χ1) is 12.5. The second-order valence-electron chi connectivity index (χ2n) is 5.98. The van der Waals surface area contributed by atoms with E-state index in [0.29, 0.717) is 17.0 Å². The Balaban J connectivity index is 1.61. The van der Waals surface area contributed by atoms with Crippen LogP contribution in [-0.2, 0) is 4.79 Å². The van der Waals surface area contributed by atoms with E-state index in [0.717, 1.165) is 10.9 Å². The molecule has 0 fully saturated rings. The Kier molecular flexibility index (Phi) is 5.12. The molecule has 3 rings (SSSR count). The molecule has 6 nitrogen and oxygen atoms in total. The fourth-order valence-corrected chi connectivity index (χ4v) is 2.48. The van der Waals surface area contributed by atoms with Crippen molar-refractivity contribution in [1.82, 2.24) is 9.88 Å². The molecule has 0 unspecified atom stereocenters. The van der Waals surface area contributed by atoms with Gasteiger partial charge in [0, 0.05) is 36.9 Å². The quantitative estimate of drug-likeness (QED) is 0.769. The van der Waals surface area contributed by atoms with E-state index in [1.54, 1.807) is 50.6 Å². The van der Waals surface area contributed by atoms with Gasteiger partial charge in [0.1, 0.15) is 5.75 Å². The Morgan fingerprint density at radius 2 is 1.92 bits per heavy atom. The van der Waals surface area contributed by atoms with Crippen LogP contribution in [0, 0.1) is 0 Å². The van der Waals surface area contributed by atoms with E-state index in [-0.39, 0.29) is 18.4 Å². The molecule has 1 heterocycles. The molecule has 0 bridgehead atoms. The maximum atomic E-state index is 12.1. The van der Waals surface area contributed by atoms with E-state index in [2.05, 4.69) is 10.3 Å². The number of nitrogens with one attached hydrogen (secondary N) is 1. The Morgan fingerprint density at radius 3 is 2.73 bits per heavy atom. The Labute approximate surface area is 151 Å². The van der Waals surface area contributed by atoms with Gasteiger partial charge in [-0.25, -0.2) is 0 Å². The van der Waals surface area contributed by atoms with Gasteiger partial charge in [-0.05, 0) is 42.5 Å². The Morgan fingerprint density at radius 1 is 1.08 bits per heavy atom. The minimum atomic E-state index is -0.300. The van der Waals surface area contributed by atoms with E-state index in [4.69, 9.17) is 4.74 Å². The van der Waals surface area contributed by atoms with Crippen molar-refractivity contribution in [3.8, 4) is 5.75 Å². The van der Waals surface area contributed by atoms with Crippen molar-refractivity contribution in [1.29, 1.82) is 0 Å². The highest BCUT2D eigenvalue weighted by Gasteiger charge is 2.10. The predicted molar refractivity (Wildman–Crippen MR) is 100 cm³/mol. The van der Waals surface area contributed by atoms with Crippen molar-refractivity contribution < 1.29 is 14.3 Å². The predicted octanol–water partition coefficient (Wildman–Crippen LogP) is 2.95. The number of amides is 2. The van der Waals surface area contributed by atoms with Crippen LogP contribution in [0.3, 0.4) is 0 Å². The fraction of sp³-hybridized carbons (Fsp3) is 0.150. The first-order valence-electron chi connectivity index (χ1n) is 8.12. The van der Waals surface area contributed by atoms with Crippen LogP contribution in [0.25, 0.3) is 10.9 Å². The molecule has 0 saturated heterocycles. The summed E-state index contributed by atoms with van der Waals surface area (Å²) in [7, 11) is 3.36. The minimum Gasteiger partial charge on any atom is -0.484 e.